The third-order valence-corrected chi connectivity index (χ3v) is 4.09. The molecule has 7 heteroatoms. The van der Waals surface area contributed by atoms with E-state index in [1.807, 2.05) is 13.8 Å². The molecule has 0 unspecified atom stereocenters. The Labute approximate surface area is 143 Å². The first-order valence-corrected chi connectivity index (χ1v) is 8.60. The Hall–Kier alpha value is -1.47. The highest BCUT2D eigenvalue weighted by Gasteiger charge is 2.34. The predicted octanol–water partition coefficient (Wildman–Crippen LogP) is 0.666. The smallest absolute Gasteiger partial charge is 0.223 e. The largest absolute Gasteiger partial charge is 0.383 e. The van der Waals surface area contributed by atoms with E-state index in [1.165, 1.54) is 0 Å². The van der Waals surface area contributed by atoms with E-state index < -0.39 is 0 Å². The molecule has 0 atom stereocenters. The lowest BCUT2D eigenvalue weighted by atomic mass is 9.79. The SMILES string of the molecule is COCCNC(=O)[C@H]1C[C@@H](NC(=O)CCOCCC(=O)C(C)C)C1. The summed E-state index contributed by atoms with van der Waals surface area (Å²) >= 11 is 0. The molecule has 1 fully saturated rings. The number of carbonyl (C=O) groups excluding carboxylic acids is 3. The molecular formula is C17H30N2O5. The van der Waals surface area contributed by atoms with Gasteiger partial charge in [-0.15, -0.1) is 0 Å². The second kappa shape index (κ2) is 11.1. The molecule has 0 saturated heterocycles. The van der Waals surface area contributed by atoms with Crippen molar-refractivity contribution in [2.75, 3.05) is 33.5 Å². The molecule has 24 heavy (non-hydrogen) atoms. The first kappa shape index (κ1) is 20.6. The number of amides is 2. The fourth-order valence-electron chi connectivity index (χ4n) is 2.40. The molecule has 0 heterocycles. The zero-order valence-corrected chi connectivity index (χ0v) is 14.9. The van der Waals surface area contributed by atoms with Crippen molar-refractivity contribution in [3.63, 3.8) is 0 Å². The Bertz CT molecular complexity index is 419. The van der Waals surface area contributed by atoms with Gasteiger partial charge in [-0.2, -0.15) is 0 Å². The lowest BCUT2D eigenvalue weighted by Gasteiger charge is -2.34. The van der Waals surface area contributed by atoms with Gasteiger partial charge in [-0.3, -0.25) is 14.4 Å². The molecule has 1 aliphatic carbocycles. The Morgan fingerprint density at radius 2 is 1.75 bits per heavy atom. The van der Waals surface area contributed by atoms with E-state index >= 15 is 0 Å². The van der Waals surface area contributed by atoms with Gasteiger partial charge in [0.1, 0.15) is 5.78 Å². The molecule has 1 rings (SSSR count). The highest BCUT2D eigenvalue weighted by molar-refractivity contribution is 5.81. The van der Waals surface area contributed by atoms with E-state index in [0.717, 1.165) is 0 Å². The minimum atomic E-state index is -0.0755. The quantitative estimate of drug-likeness (QED) is 0.508. The zero-order valence-electron chi connectivity index (χ0n) is 14.9. The van der Waals surface area contributed by atoms with Crippen molar-refractivity contribution in [2.24, 2.45) is 11.8 Å². The highest BCUT2D eigenvalue weighted by atomic mass is 16.5. The predicted molar refractivity (Wildman–Crippen MR) is 89.4 cm³/mol. The fourth-order valence-corrected chi connectivity index (χ4v) is 2.40. The van der Waals surface area contributed by atoms with Gasteiger partial charge in [-0.1, -0.05) is 13.8 Å². The Morgan fingerprint density at radius 3 is 2.38 bits per heavy atom. The van der Waals surface area contributed by atoms with Crippen molar-refractivity contribution >= 4 is 17.6 Å². The van der Waals surface area contributed by atoms with Crippen LogP contribution >= 0.6 is 0 Å². The van der Waals surface area contributed by atoms with E-state index in [9.17, 15) is 14.4 Å². The summed E-state index contributed by atoms with van der Waals surface area (Å²) in [5, 5.41) is 5.70. The van der Waals surface area contributed by atoms with Crippen LogP contribution in [0.4, 0.5) is 0 Å². The van der Waals surface area contributed by atoms with Crippen molar-refractivity contribution in [1.29, 1.82) is 0 Å². The minimum Gasteiger partial charge on any atom is -0.383 e. The standard InChI is InChI=1S/C17H30N2O5/c1-12(2)15(20)4-7-24-8-5-16(21)19-14-10-13(11-14)17(22)18-6-9-23-3/h12-14H,4-11H2,1-3H3,(H,18,22)(H,19,21)/t13-,14+. The number of Topliss-reactive ketones (excluding diaryl/α,β-unsaturated/α-hetero) is 1. The van der Waals surface area contributed by atoms with Crippen LogP contribution < -0.4 is 10.6 Å². The molecule has 138 valence electrons. The van der Waals surface area contributed by atoms with Crippen LogP contribution in [0.5, 0.6) is 0 Å². The number of hydrogen-bond acceptors (Lipinski definition) is 5. The molecule has 0 radical (unpaired) electrons. The van der Waals surface area contributed by atoms with E-state index in [2.05, 4.69) is 10.6 Å². The van der Waals surface area contributed by atoms with Gasteiger partial charge < -0.3 is 20.1 Å². The maximum Gasteiger partial charge on any atom is 0.223 e. The Balaban J connectivity index is 2.01. The lowest BCUT2D eigenvalue weighted by molar-refractivity contribution is -0.131. The van der Waals surface area contributed by atoms with E-state index in [4.69, 9.17) is 9.47 Å². The van der Waals surface area contributed by atoms with Crippen molar-refractivity contribution in [2.45, 2.75) is 45.6 Å². The molecule has 0 aromatic rings. The Morgan fingerprint density at radius 1 is 1.08 bits per heavy atom. The van der Waals surface area contributed by atoms with Crippen LogP contribution in [-0.2, 0) is 23.9 Å². The minimum absolute atomic E-state index is 0.0227. The molecule has 0 aromatic carbocycles. The maximum absolute atomic E-state index is 11.8. The van der Waals surface area contributed by atoms with Crippen molar-refractivity contribution in [1.82, 2.24) is 10.6 Å². The fraction of sp³-hybridized carbons (Fsp3) is 0.824. The molecule has 7 nitrogen and oxygen atoms in total. The highest BCUT2D eigenvalue weighted by Crippen LogP contribution is 2.27. The van der Waals surface area contributed by atoms with Gasteiger partial charge in [0.15, 0.2) is 0 Å². The molecular weight excluding hydrogens is 312 g/mol. The number of ketones is 1. The molecule has 2 amide bonds. The number of ether oxygens (including phenoxy) is 2. The van der Waals surface area contributed by atoms with Gasteiger partial charge in [0.05, 0.1) is 19.8 Å². The summed E-state index contributed by atoms with van der Waals surface area (Å²) in [7, 11) is 1.59. The number of rotatable bonds is 12. The summed E-state index contributed by atoms with van der Waals surface area (Å²) in [4.78, 5) is 34.9. The van der Waals surface area contributed by atoms with E-state index in [0.29, 0.717) is 45.6 Å². The van der Waals surface area contributed by atoms with E-state index in [-0.39, 0.29) is 41.9 Å². The lowest BCUT2D eigenvalue weighted by Crippen LogP contribution is -2.49. The second-order valence-corrected chi connectivity index (χ2v) is 6.45. The van der Waals surface area contributed by atoms with Gasteiger partial charge in [-0.05, 0) is 12.8 Å². The maximum atomic E-state index is 11.8. The number of methoxy groups -OCH3 is 1. The molecule has 0 spiro atoms. The molecule has 0 bridgehead atoms. The number of nitrogens with one attached hydrogen (secondary N) is 2. The average Bonchev–Trinajstić information content (AvgIpc) is 2.49. The summed E-state index contributed by atoms with van der Waals surface area (Å²) in [5.74, 6) is 0.119. The monoisotopic (exact) mass is 342 g/mol. The van der Waals surface area contributed by atoms with E-state index in [1.54, 1.807) is 7.11 Å². The summed E-state index contributed by atoms with van der Waals surface area (Å²) in [5.41, 5.74) is 0. The first-order valence-electron chi connectivity index (χ1n) is 8.60. The average molecular weight is 342 g/mol. The van der Waals surface area contributed by atoms with Crippen molar-refractivity contribution < 1.29 is 23.9 Å². The number of hydrogen-bond donors (Lipinski definition) is 2. The van der Waals surface area contributed by atoms with Gasteiger partial charge in [-0.25, -0.2) is 0 Å². The van der Waals surface area contributed by atoms with Gasteiger partial charge in [0.25, 0.3) is 0 Å². The van der Waals surface area contributed by atoms with Crippen LogP contribution in [0.3, 0.4) is 0 Å². The second-order valence-electron chi connectivity index (χ2n) is 6.45. The van der Waals surface area contributed by atoms with Gasteiger partial charge >= 0.3 is 0 Å². The van der Waals surface area contributed by atoms with Crippen LogP contribution in [0, 0.1) is 11.8 Å². The van der Waals surface area contributed by atoms with Gasteiger partial charge in [0, 0.05) is 44.4 Å². The molecule has 1 aliphatic rings. The first-order chi connectivity index (χ1) is 11.4. The molecule has 2 N–H and O–H groups in total. The third-order valence-electron chi connectivity index (χ3n) is 4.09. The molecule has 0 aromatic heterocycles. The Kier molecular flexibility index (Phi) is 9.56. The molecule has 0 aliphatic heterocycles. The molecule has 1 saturated carbocycles. The van der Waals surface area contributed by atoms with Crippen LogP contribution in [0.2, 0.25) is 0 Å². The summed E-state index contributed by atoms with van der Waals surface area (Å²) < 4.78 is 10.2. The van der Waals surface area contributed by atoms with Crippen molar-refractivity contribution in [3.8, 4) is 0 Å². The van der Waals surface area contributed by atoms with Crippen LogP contribution in [0.25, 0.3) is 0 Å². The van der Waals surface area contributed by atoms with Crippen molar-refractivity contribution in [3.05, 3.63) is 0 Å². The normalized spacial score (nSPS) is 19.7. The number of carbonyl (C=O) groups is 3. The summed E-state index contributed by atoms with van der Waals surface area (Å²) in [6, 6.07) is 0.0678. The van der Waals surface area contributed by atoms with Crippen LogP contribution in [0.1, 0.15) is 39.5 Å². The summed E-state index contributed by atoms with van der Waals surface area (Å²) in [6.07, 6.45) is 2.02. The summed E-state index contributed by atoms with van der Waals surface area (Å²) in [6.45, 7) is 5.40. The van der Waals surface area contributed by atoms with Crippen LogP contribution in [0.15, 0.2) is 0 Å². The van der Waals surface area contributed by atoms with Crippen LogP contribution in [-0.4, -0.2) is 57.1 Å². The third kappa shape index (κ3) is 7.88. The van der Waals surface area contributed by atoms with Gasteiger partial charge in [0.2, 0.25) is 11.8 Å². The zero-order chi connectivity index (χ0) is 17.9. The topological polar surface area (TPSA) is 93.7 Å².